The van der Waals surface area contributed by atoms with Crippen molar-refractivity contribution in [3.63, 3.8) is 0 Å². The second kappa shape index (κ2) is 12.1. The number of alkyl halides is 6. The normalized spacial score (nSPS) is 19.2. The van der Waals surface area contributed by atoms with E-state index in [0.717, 1.165) is 58.4 Å². The first-order chi connectivity index (χ1) is 22.6. The number of hydrogen-bond acceptors (Lipinski definition) is 7. The number of amides is 3. The van der Waals surface area contributed by atoms with Crippen LogP contribution in [0.4, 0.5) is 43.4 Å². The SMILES string of the molecule is CN(C)c1ccc([C@H]2c3sc(=O)n(CC(=O)Nc4ccccc4C(F)(F)F)c3SC3C(=O)N(c4ccccc4C(F)(F)F)C(=O)C32)cc1. The first-order valence-corrected chi connectivity index (χ1v) is 15.9. The van der Waals surface area contributed by atoms with Crippen LogP contribution in [-0.2, 0) is 33.3 Å². The topological polar surface area (TPSA) is 91.7 Å². The molecule has 3 heterocycles. The second-order valence-electron chi connectivity index (χ2n) is 11.3. The molecule has 4 aromatic rings. The van der Waals surface area contributed by atoms with Crippen molar-refractivity contribution in [2.24, 2.45) is 5.92 Å². The van der Waals surface area contributed by atoms with Crippen LogP contribution in [0.5, 0.6) is 0 Å². The number of thioether (sulfide) groups is 1. The number of nitrogens with zero attached hydrogens (tertiary/aromatic N) is 3. The van der Waals surface area contributed by atoms with Crippen LogP contribution in [0, 0.1) is 5.92 Å². The average Bonchev–Trinajstić information content (AvgIpc) is 3.46. The van der Waals surface area contributed by atoms with Gasteiger partial charge in [0.1, 0.15) is 11.8 Å². The third kappa shape index (κ3) is 5.87. The van der Waals surface area contributed by atoms with Gasteiger partial charge in [-0.1, -0.05) is 59.5 Å². The van der Waals surface area contributed by atoms with E-state index in [2.05, 4.69) is 5.32 Å². The van der Waals surface area contributed by atoms with E-state index in [0.29, 0.717) is 26.7 Å². The predicted octanol–water partition coefficient (Wildman–Crippen LogP) is 6.45. The quantitative estimate of drug-likeness (QED) is 0.183. The summed E-state index contributed by atoms with van der Waals surface area (Å²) >= 11 is 1.47. The fourth-order valence-electron chi connectivity index (χ4n) is 5.91. The van der Waals surface area contributed by atoms with E-state index in [-0.39, 0.29) is 5.03 Å². The number of fused-ring (bicyclic) bond motifs is 2. The third-order valence-electron chi connectivity index (χ3n) is 8.08. The Morgan fingerprint density at radius 3 is 2.06 bits per heavy atom. The molecule has 0 saturated carbocycles. The number of carbonyl (C=O) groups excluding carboxylic acids is 3. The summed E-state index contributed by atoms with van der Waals surface area (Å²) in [6, 6.07) is 15.4. The fraction of sp³-hybridized carbons (Fsp3) is 0.250. The van der Waals surface area contributed by atoms with Gasteiger partial charge in [0.25, 0.3) is 0 Å². The van der Waals surface area contributed by atoms with Gasteiger partial charge in [-0.2, -0.15) is 26.3 Å². The average molecular weight is 707 g/mol. The Kier molecular flexibility index (Phi) is 8.44. The molecule has 0 aliphatic carbocycles. The lowest BCUT2D eigenvalue weighted by molar-refractivity contribution is -0.138. The Balaban J connectivity index is 1.43. The first kappa shape index (κ1) is 33.3. The standard InChI is InChI=1S/C32H24F6N4O4S2/c1-40(2)17-13-11-16(12-14-17)23-24-25(28(45)42(27(24)44)21-10-6-4-8-19(21)32(36,37)38)47-29-26(23)48-30(46)41(29)15-22(43)39-20-9-5-3-7-18(20)31(33,34)35/h3-14,23-25H,15H2,1-2H3,(H,39,43)/t23-,24?,25?/m1/s1. The molecule has 0 radical (unpaired) electrons. The van der Waals surface area contributed by atoms with Gasteiger partial charge in [-0.15, -0.1) is 0 Å². The van der Waals surface area contributed by atoms with Gasteiger partial charge in [-0.25, -0.2) is 4.90 Å². The van der Waals surface area contributed by atoms with Crippen molar-refractivity contribution in [2.45, 2.75) is 35.1 Å². The molecule has 250 valence electrons. The summed E-state index contributed by atoms with van der Waals surface area (Å²) in [5.41, 5.74) is -2.12. The van der Waals surface area contributed by atoms with Crippen LogP contribution in [0.15, 0.2) is 82.6 Å². The Hall–Kier alpha value is -4.57. The number of para-hydroxylation sites is 2. The zero-order chi connectivity index (χ0) is 34.7. The molecule has 2 aliphatic rings. The molecule has 0 spiro atoms. The van der Waals surface area contributed by atoms with Crippen molar-refractivity contribution >= 4 is 57.9 Å². The molecule has 0 bridgehead atoms. The van der Waals surface area contributed by atoms with E-state index in [1.54, 1.807) is 38.4 Å². The molecule has 3 aromatic carbocycles. The molecule has 1 saturated heterocycles. The van der Waals surface area contributed by atoms with Gasteiger partial charge in [0, 0.05) is 30.6 Å². The molecule has 1 aromatic heterocycles. The van der Waals surface area contributed by atoms with Gasteiger partial charge in [-0.3, -0.25) is 23.7 Å². The molecule has 6 rings (SSSR count). The van der Waals surface area contributed by atoms with E-state index >= 15 is 0 Å². The van der Waals surface area contributed by atoms with Crippen LogP contribution in [-0.4, -0.2) is 41.6 Å². The van der Waals surface area contributed by atoms with Crippen molar-refractivity contribution in [3.8, 4) is 0 Å². The van der Waals surface area contributed by atoms with E-state index in [4.69, 9.17) is 0 Å². The summed E-state index contributed by atoms with van der Waals surface area (Å²) in [4.78, 5) is 56.4. The maximum atomic E-state index is 14.1. The lowest BCUT2D eigenvalue weighted by Gasteiger charge is -2.31. The summed E-state index contributed by atoms with van der Waals surface area (Å²) in [5, 5.41) is 1.04. The van der Waals surface area contributed by atoms with Crippen LogP contribution in [0.25, 0.3) is 0 Å². The first-order valence-electron chi connectivity index (χ1n) is 14.3. The van der Waals surface area contributed by atoms with E-state index in [1.165, 1.54) is 12.1 Å². The maximum absolute atomic E-state index is 14.1. The predicted molar refractivity (Wildman–Crippen MR) is 168 cm³/mol. The largest absolute Gasteiger partial charge is 0.418 e. The highest BCUT2D eigenvalue weighted by molar-refractivity contribution is 8.00. The highest BCUT2D eigenvalue weighted by Crippen LogP contribution is 2.54. The van der Waals surface area contributed by atoms with Crippen LogP contribution >= 0.6 is 23.1 Å². The van der Waals surface area contributed by atoms with Gasteiger partial charge >= 0.3 is 17.2 Å². The molecule has 8 nitrogen and oxygen atoms in total. The van der Waals surface area contributed by atoms with E-state index < -0.39 is 81.1 Å². The lowest BCUT2D eigenvalue weighted by Crippen LogP contribution is -2.33. The molecule has 3 atom stereocenters. The van der Waals surface area contributed by atoms with Crippen molar-refractivity contribution in [1.29, 1.82) is 0 Å². The number of halogens is 6. The Bertz CT molecular complexity index is 1990. The van der Waals surface area contributed by atoms with Crippen LogP contribution in [0.3, 0.4) is 0 Å². The van der Waals surface area contributed by atoms with Crippen molar-refractivity contribution in [1.82, 2.24) is 4.57 Å². The molecule has 1 N–H and O–H groups in total. The highest BCUT2D eigenvalue weighted by atomic mass is 32.2. The molecule has 2 aliphatic heterocycles. The number of aromatic nitrogens is 1. The minimum absolute atomic E-state index is 0.124. The molecule has 1 fully saturated rings. The van der Waals surface area contributed by atoms with Crippen LogP contribution in [0.1, 0.15) is 27.5 Å². The minimum atomic E-state index is -4.88. The van der Waals surface area contributed by atoms with Gasteiger partial charge in [-0.05, 0) is 42.0 Å². The molecular formula is C32H24F6N4O4S2. The number of nitrogens with one attached hydrogen (secondary N) is 1. The Morgan fingerprint density at radius 2 is 1.44 bits per heavy atom. The van der Waals surface area contributed by atoms with Gasteiger partial charge in [0.05, 0.1) is 33.4 Å². The Morgan fingerprint density at radius 1 is 0.833 bits per heavy atom. The summed E-state index contributed by atoms with van der Waals surface area (Å²) in [5.74, 6) is -4.94. The van der Waals surface area contributed by atoms with Gasteiger partial charge in [0.15, 0.2) is 0 Å². The van der Waals surface area contributed by atoms with Crippen molar-refractivity contribution < 1.29 is 40.7 Å². The van der Waals surface area contributed by atoms with Crippen molar-refractivity contribution in [3.05, 3.63) is 104 Å². The van der Waals surface area contributed by atoms with Gasteiger partial charge in [0.2, 0.25) is 17.7 Å². The number of hydrogen-bond donors (Lipinski definition) is 1. The third-order valence-corrected chi connectivity index (χ3v) is 10.7. The Labute approximate surface area is 277 Å². The number of benzene rings is 3. The van der Waals surface area contributed by atoms with Gasteiger partial charge < -0.3 is 10.2 Å². The zero-order valence-corrected chi connectivity index (χ0v) is 26.6. The van der Waals surface area contributed by atoms with Crippen molar-refractivity contribution in [2.75, 3.05) is 29.2 Å². The maximum Gasteiger partial charge on any atom is 0.418 e. The molecular weight excluding hydrogens is 682 g/mol. The molecule has 2 unspecified atom stereocenters. The number of carbonyl (C=O) groups is 3. The molecule has 16 heteroatoms. The highest BCUT2D eigenvalue weighted by Gasteiger charge is 2.57. The minimum Gasteiger partial charge on any atom is -0.378 e. The molecule has 3 amide bonds. The summed E-state index contributed by atoms with van der Waals surface area (Å²) in [6.07, 6.45) is -9.65. The zero-order valence-electron chi connectivity index (χ0n) is 24.9. The molecule has 48 heavy (non-hydrogen) atoms. The number of anilines is 3. The summed E-state index contributed by atoms with van der Waals surface area (Å²) in [7, 11) is 3.61. The van der Waals surface area contributed by atoms with Crippen LogP contribution in [0.2, 0.25) is 0 Å². The monoisotopic (exact) mass is 706 g/mol. The number of rotatable bonds is 6. The second-order valence-corrected chi connectivity index (χ2v) is 13.4. The fourth-order valence-corrected chi connectivity index (χ4v) is 8.69. The number of imide groups is 1. The van der Waals surface area contributed by atoms with Crippen LogP contribution < -0.4 is 20.0 Å². The smallest absolute Gasteiger partial charge is 0.378 e. The number of thiazole rings is 1. The lowest BCUT2D eigenvalue weighted by atomic mass is 9.83. The summed E-state index contributed by atoms with van der Waals surface area (Å²) < 4.78 is 83.6. The summed E-state index contributed by atoms with van der Waals surface area (Å²) in [6.45, 7) is -0.726. The van der Waals surface area contributed by atoms with E-state index in [9.17, 15) is 45.5 Å². The van der Waals surface area contributed by atoms with E-state index in [1.807, 2.05) is 4.90 Å².